The molecule has 0 aliphatic heterocycles. The van der Waals surface area contributed by atoms with E-state index in [1.165, 1.54) is 11.3 Å². The Morgan fingerprint density at radius 1 is 1.47 bits per heavy atom. The van der Waals surface area contributed by atoms with Gasteiger partial charge >= 0.3 is 0 Å². The number of ketones is 1. The van der Waals surface area contributed by atoms with E-state index in [0.717, 1.165) is 18.8 Å². The molecule has 0 spiro atoms. The molecule has 0 saturated heterocycles. The smallest absolute Gasteiger partial charge is 0.170 e. The Kier molecular flexibility index (Phi) is 4.12. The SMILES string of the molecule is Cc1cccnc1CC(=O)c1cc(Br)sc1Br. The first-order chi connectivity index (χ1) is 8.08. The second kappa shape index (κ2) is 5.42. The molecule has 2 heterocycles. The van der Waals surface area contributed by atoms with Crippen LogP contribution in [0.1, 0.15) is 21.6 Å². The van der Waals surface area contributed by atoms with Crippen LogP contribution in [-0.2, 0) is 6.42 Å². The summed E-state index contributed by atoms with van der Waals surface area (Å²) in [7, 11) is 0. The molecule has 2 nitrogen and oxygen atoms in total. The van der Waals surface area contributed by atoms with Gasteiger partial charge in [-0.3, -0.25) is 9.78 Å². The van der Waals surface area contributed by atoms with Crippen LogP contribution in [-0.4, -0.2) is 10.8 Å². The van der Waals surface area contributed by atoms with Crippen molar-refractivity contribution in [1.29, 1.82) is 0 Å². The van der Waals surface area contributed by atoms with Crippen LogP contribution in [0.15, 0.2) is 32.0 Å². The van der Waals surface area contributed by atoms with Gasteiger partial charge in [0.25, 0.3) is 0 Å². The number of Topliss-reactive ketones (excluding diaryl/α,β-unsaturated/α-hetero) is 1. The van der Waals surface area contributed by atoms with Crippen molar-refractivity contribution in [2.75, 3.05) is 0 Å². The van der Waals surface area contributed by atoms with Gasteiger partial charge in [-0.2, -0.15) is 0 Å². The van der Waals surface area contributed by atoms with Crippen LogP contribution in [0.3, 0.4) is 0 Å². The van der Waals surface area contributed by atoms with Crippen LogP contribution in [0.25, 0.3) is 0 Å². The molecule has 0 amide bonds. The maximum Gasteiger partial charge on any atom is 0.170 e. The lowest BCUT2D eigenvalue weighted by molar-refractivity contribution is 0.0991. The van der Waals surface area contributed by atoms with Crippen molar-refractivity contribution in [3.05, 3.63) is 48.8 Å². The number of thiophene rings is 1. The summed E-state index contributed by atoms with van der Waals surface area (Å²) in [6.45, 7) is 1.97. The molecule has 2 aromatic heterocycles. The van der Waals surface area contributed by atoms with E-state index < -0.39 is 0 Å². The van der Waals surface area contributed by atoms with Crippen LogP contribution < -0.4 is 0 Å². The zero-order chi connectivity index (χ0) is 12.4. The summed E-state index contributed by atoms with van der Waals surface area (Å²) >= 11 is 8.27. The molecule has 0 unspecified atom stereocenters. The number of nitrogens with zero attached hydrogens (tertiary/aromatic N) is 1. The Morgan fingerprint density at radius 3 is 2.82 bits per heavy atom. The molecule has 0 aliphatic rings. The summed E-state index contributed by atoms with van der Waals surface area (Å²) in [5.41, 5.74) is 2.60. The molecule has 0 bridgehead atoms. The van der Waals surface area contributed by atoms with Gasteiger partial charge in [0.05, 0.1) is 19.7 Å². The Hall–Kier alpha value is -0.520. The zero-order valence-electron chi connectivity index (χ0n) is 9.04. The van der Waals surface area contributed by atoms with Crippen molar-refractivity contribution in [1.82, 2.24) is 4.98 Å². The topological polar surface area (TPSA) is 30.0 Å². The zero-order valence-corrected chi connectivity index (χ0v) is 13.0. The van der Waals surface area contributed by atoms with Crippen LogP contribution in [0, 0.1) is 6.92 Å². The first-order valence-corrected chi connectivity index (χ1v) is 7.36. The predicted octanol–water partition coefficient (Wildman–Crippen LogP) is 4.40. The highest BCUT2D eigenvalue weighted by molar-refractivity contribution is 9.12. The van der Waals surface area contributed by atoms with Crippen LogP contribution in [0.2, 0.25) is 0 Å². The van der Waals surface area contributed by atoms with Crippen molar-refractivity contribution in [2.45, 2.75) is 13.3 Å². The van der Waals surface area contributed by atoms with Crippen molar-refractivity contribution in [3.8, 4) is 0 Å². The molecule has 0 radical (unpaired) electrons. The summed E-state index contributed by atoms with van der Waals surface area (Å²) < 4.78 is 1.81. The van der Waals surface area contributed by atoms with E-state index in [9.17, 15) is 4.79 Å². The maximum atomic E-state index is 12.1. The number of carbonyl (C=O) groups excluding carboxylic acids is 1. The number of aryl methyl sites for hydroxylation is 1. The van der Waals surface area contributed by atoms with Crippen LogP contribution in [0.4, 0.5) is 0 Å². The van der Waals surface area contributed by atoms with Crippen molar-refractivity contribution < 1.29 is 4.79 Å². The molecule has 2 aromatic rings. The van der Waals surface area contributed by atoms with Crippen molar-refractivity contribution in [3.63, 3.8) is 0 Å². The molecule has 5 heteroatoms. The average Bonchev–Trinajstić information content (AvgIpc) is 2.61. The van der Waals surface area contributed by atoms with E-state index in [0.29, 0.717) is 12.0 Å². The number of pyridine rings is 1. The summed E-state index contributed by atoms with van der Waals surface area (Å²) in [6, 6.07) is 5.68. The predicted molar refractivity (Wildman–Crippen MR) is 76.7 cm³/mol. The van der Waals surface area contributed by atoms with Gasteiger partial charge in [-0.1, -0.05) is 6.07 Å². The van der Waals surface area contributed by atoms with Gasteiger partial charge < -0.3 is 0 Å². The minimum atomic E-state index is 0.0839. The van der Waals surface area contributed by atoms with E-state index in [1.807, 2.05) is 25.1 Å². The van der Waals surface area contributed by atoms with Crippen molar-refractivity contribution in [2.24, 2.45) is 0 Å². The fourth-order valence-corrected chi connectivity index (χ4v) is 4.34. The van der Waals surface area contributed by atoms with E-state index in [2.05, 4.69) is 36.8 Å². The van der Waals surface area contributed by atoms with Gasteiger partial charge in [-0.15, -0.1) is 11.3 Å². The second-order valence-corrected chi connectivity index (χ2v) is 7.35. The molecule has 2 rings (SSSR count). The van der Waals surface area contributed by atoms with Gasteiger partial charge in [-0.25, -0.2) is 0 Å². The van der Waals surface area contributed by atoms with Crippen LogP contribution in [0.5, 0.6) is 0 Å². The highest BCUT2D eigenvalue weighted by Crippen LogP contribution is 2.32. The molecular weight excluding hydrogens is 366 g/mol. The minimum absolute atomic E-state index is 0.0839. The maximum absolute atomic E-state index is 12.1. The first kappa shape index (κ1) is 12.9. The highest BCUT2D eigenvalue weighted by Gasteiger charge is 2.15. The first-order valence-electron chi connectivity index (χ1n) is 4.96. The fraction of sp³-hybridized carbons (Fsp3) is 0.167. The normalized spacial score (nSPS) is 10.5. The number of hydrogen-bond acceptors (Lipinski definition) is 3. The third-order valence-electron chi connectivity index (χ3n) is 2.40. The largest absolute Gasteiger partial charge is 0.294 e. The van der Waals surface area contributed by atoms with E-state index >= 15 is 0 Å². The second-order valence-electron chi connectivity index (χ2n) is 3.60. The molecule has 0 atom stereocenters. The lowest BCUT2D eigenvalue weighted by Gasteiger charge is -2.02. The summed E-state index contributed by atoms with van der Waals surface area (Å²) in [5, 5.41) is 0. The average molecular weight is 375 g/mol. The Balaban J connectivity index is 2.23. The molecule has 0 N–H and O–H groups in total. The monoisotopic (exact) mass is 373 g/mol. The van der Waals surface area contributed by atoms with Gasteiger partial charge in [0, 0.05) is 11.8 Å². The molecular formula is C12H9Br2NOS. The third kappa shape index (κ3) is 3.03. The highest BCUT2D eigenvalue weighted by atomic mass is 79.9. The molecule has 0 fully saturated rings. The Bertz CT molecular complexity index is 565. The lowest BCUT2D eigenvalue weighted by atomic mass is 10.1. The fourth-order valence-electron chi connectivity index (χ4n) is 1.48. The van der Waals surface area contributed by atoms with E-state index in [-0.39, 0.29) is 5.78 Å². The number of carbonyl (C=O) groups is 1. The molecule has 17 heavy (non-hydrogen) atoms. The quantitative estimate of drug-likeness (QED) is 0.745. The standard InChI is InChI=1S/C12H9Br2NOS/c1-7-3-2-4-15-9(7)6-10(16)8-5-11(13)17-12(8)14/h2-5H,6H2,1H3. The Labute approximate surface area is 120 Å². The Morgan fingerprint density at radius 2 is 2.24 bits per heavy atom. The molecule has 0 saturated carbocycles. The number of hydrogen-bond donors (Lipinski definition) is 0. The van der Waals surface area contributed by atoms with Gasteiger partial charge in [-0.05, 0) is 56.5 Å². The van der Waals surface area contributed by atoms with E-state index in [1.54, 1.807) is 6.20 Å². The van der Waals surface area contributed by atoms with Crippen LogP contribution >= 0.6 is 43.2 Å². The molecule has 88 valence electrons. The van der Waals surface area contributed by atoms with Gasteiger partial charge in [0.15, 0.2) is 5.78 Å². The third-order valence-corrected chi connectivity index (χ3v) is 4.74. The number of halogens is 2. The van der Waals surface area contributed by atoms with E-state index in [4.69, 9.17) is 0 Å². The van der Waals surface area contributed by atoms with Gasteiger partial charge in [0.2, 0.25) is 0 Å². The molecule has 0 aliphatic carbocycles. The van der Waals surface area contributed by atoms with Crippen molar-refractivity contribution >= 4 is 49.0 Å². The lowest BCUT2D eigenvalue weighted by Crippen LogP contribution is -2.05. The summed E-state index contributed by atoms with van der Waals surface area (Å²) in [4.78, 5) is 16.4. The summed E-state index contributed by atoms with van der Waals surface area (Å²) in [5.74, 6) is 0.0839. The number of aromatic nitrogens is 1. The number of rotatable bonds is 3. The molecule has 0 aromatic carbocycles. The van der Waals surface area contributed by atoms with Gasteiger partial charge in [0.1, 0.15) is 0 Å². The summed E-state index contributed by atoms with van der Waals surface area (Å²) in [6.07, 6.45) is 2.06. The minimum Gasteiger partial charge on any atom is -0.294 e.